The van der Waals surface area contributed by atoms with Gasteiger partial charge in [0.25, 0.3) is 0 Å². The van der Waals surface area contributed by atoms with Crippen molar-refractivity contribution in [3.05, 3.63) is 52.8 Å². The molecule has 0 spiro atoms. The number of benzene rings is 1. The Hall–Kier alpha value is -1.61. The zero-order valence-corrected chi connectivity index (χ0v) is 13.0. The molecule has 2 rings (SSSR count). The summed E-state index contributed by atoms with van der Waals surface area (Å²) in [5.41, 5.74) is 5.23. The molecule has 3 nitrogen and oxygen atoms in total. The molecule has 0 aliphatic carbocycles. The second kappa shape index (κ2) is 6.71. The van der Waals surface area contributed by atoms with E-state index in [9.17, 15) is 0 Å². The SMILES string of the molecule is CCn1nc(C)cc1CC(CNC)c1ccccc1C. The summed E-state index contributed by atoms with van der Waals surface area (Å²) in [6, 6.07) is 10.9. The first-order valence-electron chi connectivity index (χ1n) is 7.39. The van der Waals surface area contributed by atoms with E-state index < -0.39 is 0 Å². The van der Waals surface area contributed by atoms with Crippen molar-refractivity contribution in [1.29, 1.82) is 0 Å². The molecule has 0 saturated carbocycles. The van der Waals surface area contributed by atoms with E-state index in [-0.39, 0.29) is 0 Å². The topological polar surface area (TPSA) is 29.9 Å². The molecule has 20 heavy (non-hydrogen) atoms. The minimum absolute atomic E-state index is 0.489. The van der Waals surface area contributed by atoms with Gasteiger partial charge < -0.3 is 5.32 Å². The molecule has 0 fully saturated rings. The summed E-state index contributed by atoms with van der Waals surface area (Å²) in [4.78, 5) is 0. The minimum atomic E-state index is 0.489. The fourth-order valence-corrected chi connectivity index (χ4v) is 2.87. The highest BCUT2D eigenvalue weighted by molar-refractivity contribution is 5.31. The average Bonchev–Trinajstić information content (AvgIpc) is 2.79. The molecule has 1 aromatic carbocycles. The monoisotopic (exact) mass is 271 g/mol. The lowest BCUT2D eigenvalue weighted by molar-refractivity contribution is 0.562. The van der Waals surface area contributed by atoms with Gasteiger partial charge >= 0.3 is 0 Å². The van der Waals surface area contributed by atoms with Gasteiger partial charge in [-0.2, -0.15) is 5.10 Å². The summed E-state index contributed by atoms with van der Waals surface area (Å²) in [6.45, 7) is 8.33. The van der Waals surface area contributed by atoms with Crippen LogP contribution in [-0.4, -0.2) is 23.4 Å². The average molecular weight is 271 g/mol. The highest BCUT2D eigenvalue weighted by Crippen LogP contribution is 2.24. The quantitative estimate of drug-likeness (QED) is 0.875. The van der Waals surface area contributed by atoms with Crippen molar-refractivity contribution in [1.82, 2.24) is 15.1 Å². The first-order chi connectivity index (χ1) is 9.65. The number of nitrogens with one attached hydrogen (secondary N) is 1. The Labute approximate surface area is 122 Å². The highest BCUT2D eigenvalue weighted by atomic mass is 15.3. The summed E-state index contributed by atoms with van der Waals surface area (Å²) in [6.07, 6.45) is 1.03. The maximum Gasteiger partial charge on any atom is 0.0596 e. The zero-order valence-electron chi connectivity index (χ0n) is 13.0. The van der Waals surface area contributed by atoms with Crippen molar-refractivity contribution in [2.24, 2.45) is 0 Å². The third-order valence-corrected chi connectivity index (χ3v) is 3.82. The third-order valence-electron chi connectivity index (χ3n) is 3.82. The van der Waals surface area contributed by atoms with Crippen molar-refractivity contribution in [2.45, 2.75) is 39.7 Å². The number of rotatable bonds is 6. The van der Waals surface area contributed by atoms with Crippen molar-refractivity contribution in [2.75, 3.05) is 13.6 Å². The predicted molar refractivity (Wildman–Crippen MR) is 84.2 cm³/mol. The Morgan fingerprint density at radius 2 is 2.00 bits per heavy atom. The highest BCUT2D eigenvalue weighted by Gasteiger charge is 2.16. The maximum atomic E-state index is 4.55. The summed E-state index contributed by atoms with van der Waals surface area (Å²) in [7, 11) is 2.02. The maximum absolute atomic E-state index is 4.55. The van der Waals surface area contributed by atoms with Crippen LogP contribution in [0.1, 0.15) is 35.4 Å². The molecule has 1 heterocycles. The lowest BCUT2D eigenvalue weighted by atomic mass is 9.90. The van der Waals surface area contributed by atoms with Crippen molar-refractivity contribution < 1.29 is 0 Å². The second-order valence-electron chi connectivity index (χ2n) is 5.41. The van der Waals surface area contributed by atoms with Crippen LogP contribution < -0.4 is 5.32 Å². The molecule has 0 bridgehead atoms. The van der Waals surface area contributed by atoms with Gasteiger partial charge in [-0.3, -0.25) is 4.68 Å². The zero-order chi connectivity index (χ0) is 14.5. The van der Waals surface area contributed by atoms with Gasteiger partial charge in [-0.05, 0) is 51.4 Å². The van der Waals surface area contributed by atoms with Gasteiger partial charge in [-0.15, -0.1) is 0 Å². The first-order valence-corrected chi connectivity index (χ1v) is 7.39. The molecule has 1 unspecified atom stereocenters. The predicted octanol–water partition coefficient (Wildman–Crippen LogP) is 3.07. The van der Waals surface area contributed by atoms with E-state index in [1.165, 1.54) is 16.8 Å². The van der Waals surface area contributed by atoms with Gasteiger partial charge in [0.15, 0.2) is 0 Å². The second-order valence-corrected chi connectivity index (χ2v) is 5.41. The van der Waals surface area contributed by atoms with Crippen LogP contribution in [0, 0.1) is 13.8 Å². The van der Waals surface area contributed by atoms with Crippen molar-refractivity contribution >= 4 is 0 Å². The molecule has 0 radical (unpaired) electrons. The van der Waals surface area contributed by atoms with E-state index in [0.29, 0.717) is 5.92 Å². The Morgan fingerprint density at radius 1 is 1.25 bits per heavy atom. The van der Waals surface area contributed by atoms with Crippen LogP contribution in [0.4, 0.5) is 0 Å². The molecule has 108 valence electrons. The van der Waals surface area contributed by atoms with E-state index in [2.05, 4.69) is 66.2 Å². The first kappa shape index (κ1) is 14.8. The van der Waals surface area contributed by atoms with Gasteiger partial charge in [0, 0.05) is 24.7 Å². The fourth-order valence-electron chi connectivity index (χ4n) is 2.87. The summed E-state index contributed by atoms with van der Waals surface area (Å²) >= 11 is 0. The van der Waals surface area contributed by atoms with Crippen LogP contribution in [0.3, 0.4) is 0 Å². The number of nitrogens with zero attached hydrogens (tertiary/aromatic N) is 2. The standard InChI is InChI=1S/C17H25N3/c1-5-20-16(10-14(3)19-20)11-15(12-18-4)17-9-7-6-8-13(17)2/h6-10,15,18H,5,11-12H2,1-4H3. The number of aryl methyl sites for hydroxylation is 3. The molecule has 2 aromatic rings. The molecule has 0 amide bonds. The molecule has 1 aromatic heterocycles. The van der Waals surface area contributed by atoms with Crippen LogP contribution >= 0.6 is 0 Å². The number of likely N-dealkylation sites (N-methyl/N-ethyl adjacent to an activating group) is 1. The lowest BCUT2D eigenvalue weighted by Gasteiger charge is -2.19. The largest absolute Gasteiger partial charge is 0.319 e. The van der Waals surface area contributed by atoms with Crippen LogP contribution in [0.2, 0.25) is 0 Å². The smallest absolute Gasteiger partial charge is 0.0596 e. The lowest BCUT2D eigenvalue weighted by Crippen LogP contribution is -2.21. The normalized spacial score (nSPS) is 12.6. The molecule has 1 atom stereocenters. The molecule has 0 aliphatic heterocycles. The van der Waals surface area contributed by atoms with Crippen molar-refractivity contribution in [3.63, 3.8) is 0 Å². The van der Waals surface area contributed by atoms with Gasteiger partial charge in [0.05, 0.1) is 5.69 Å². The summed E-state index contributed by atoms with van der Waals surface area (Å²) in [5.74, 6) is 0.489. The van der Waals surface area contributed by atoms with Crippen LogP contribution in [0.5, 0.6) is 0 Å². The Bertz CT molecular complexity index is 557. The van der Waals surface area contributed by atoms with Gasteiger partial charge in [0.2, 0.25) is 0 Å². The molecule has 3 heteroatoms. The molecule has 1 N–H and O–H groups in total. The van der Waals surface area contributed by atoms with E-state index in [4.69, 9.17) is 0 Å². The fraction of sp³-hybridized carbons (Fsp3) is 0.471. The molecular weight excluding hydrogens is 246 g/mol. The van der Waals surface area contributed by atoms with Crippen LogP contribution in [0.15, 0.2) is 30.3 Å². The van der Waals surface area contributed by atoms with Crippen molar-refractivity contribution in [3.8, 4) is 0 Å². The van der Waals surface area contributed by atoms with E-state index >= 15 is 0 Å². The number of hydrogen-bond donors (Lipinski definition) is 1. The Kier molecular flexibility index (Phi) is 4.96. The Morgan fingerprint density at radius 3 is 2.65 bits per heavy atom. The summed E-state index contributed by atoms with van der Waals surface area (Å²) in [5, 5.41) is 7.88. The van der Waals surface area contributed by atoms with E-state index in [0.717, 1.165) is 25.2 Å². The van der Waals surface area contributed by atoms with E-state index in [1.807, 2.05) is 7.05 Å². The van der Waals surface area contributed by atoms with Crippen LogP contribution in [0.25, 0.3) is 0 Å². The Balaban J connectivity index is 2.28. The molecular formula is C17H25N3. The van der Waals surface area contributed by atoms with Gasteiger partial charge in [0.1, 0.15) is 0 Å². The molecule has 0 saturated heterocycles. The molecule has 0 aliphatic rings. The minimum Gasteiger partial charge on any atom is -0.319 e. The summed E-state index contributed by atoms with van der Waals surface area (Å²) < 4.78 is 2.12. The number of hydrogen-bond acceptors (Lipinski definition) is 2. The van der Waals surface area contributed by atoms with Gasteiger partial charge in [-0.1, -0.05) is 24.3 Å². The van der Waals surface area contributed by atoms with Crippen LogP contribution in [-0.2, 0) is 13.0 Å². The number of aromatic nitrogens is 2. The van der Waals surface area contributed by atoms with Gasteiger partial charge in [-0.25, -0.2) is 0 Å². The third kappa shape index (κ3) is 3.28. The van der Waals surface area contributed by atoms with E-state index in [1.54, 1.807) is 0 Å².